The first-order valence-corrected chi connectivity index (χ1v) is 7.39. The van der Waals surface area contributed by atoms with Crippen LogP contribution in [0.4, 0.5) is 10.2 Å². The molecule has 4 nitrogen and oxygen atoms in total. The van der Waals surface area contributed by atoms with Gasteiger partial charge in [0.2, 0.25) is 0 Å². The van der Waals surface area contributed by atoms with Crippen LogP contribution in [0.5, 0.6) is 5.75 Å². The second kappa shape index (κ2) is 7.33. The van der Waals surface area contributed by atoms with Gasteiger partial charge in [0.15, 0.2) is 5.11 Å². The van der Waals surface area contributed by atoms with Crippen LogP contribution in [0, 0.1) is 5.82 Å². The molecule has 7 heteroatoms. The third-order valence-corrected chi connectivity index (χ3v) is 3.44. The molecule has 0 saturated carbocycles. The standard InChI is InChI=1S/C14H13BrFN3OS/c15-9-4-5-13(18-8-9)19-14(21)17-7-6-10-11(16)2-1-3-12(10)20/h1-5,8,20H,6-7H2,(H2,17,18,19,21). The molecule has 0 aliphatic heterocycles. The fourth-order valence-corrected chi connectivity index (χ4v) is 2.15. The molecule has 1 aromatic heterocycles. The molecule has 0 unspecified atom stereocenters. The topological polar surface area (TPSA) is 57.2 Å². The molecule has 3 N–H and O–H groups in total. The van der Waals surface area contributed by atoms with Gasteiger partial charge in [-0.2, -0.15) is 0 Å². The van der Waals surface area contributed by atoms with Crippen molar-refractivity contribution in [2.75, 3.05) is 11.9 Å². The maximum absolute atomic E-state index is 13.5. The Labute approximate surface area is 135 Å². The van der Waals surface area contributed by atoms with E-state index >= 15 is 0 Å². The number of anilines is 1. The number of phenols is 1. The van der Waals surface area contributed by atoms with Crippen LogP contribution < -0.4 is 10.6 Å². The molecule has 0 amide bonds. The van der Waals surface area contributed by atoms with Crippen molar-refractivity contribution in [3.8, 4) is 5.75 Å². The third-order valence-electron chi connectivity index (χ3n) is 2.72. The van der Waals surface area contributed by atoms with Gasteiger partial charge in [-0.25, -0.2) is 9.37 Å². The zero-order chi connectivity index (χ0) is 15.2. The highest BCUT2D eigenvalue weighted by Gasteiger charge is 2.07. The average Bonchev–Trinajstić information content (AvgIpc) is 2.45. The Morgan fingerprint density at radius 1 is 1.33 bits per heavy atom. The summed E-state index contributed by atoms with van der Waals surface area (Å²) in [5.41, 5.74) is 0.273. The van der Waals surface area contributed by atoms with Crippen LogP contribution in [0.1, 0.15) is 5.56 Å². The number of rotatable bonds is 4. The molecule has 0 bridgehead atoms. The second-order valence-electron chi connectivity index (χ2n) is 4.23. The van der Waals surface area contributed by atoms with Gasteiger partial charge in [0.25, 0.3) is 0 Å². The molecule has 0 atom stereocenters. The Kier molecular flexibility index (Phi) is 5.46. The van der Waals surface area contributed by atoms with E-state index in [1.807, 2.05) is 6.07 Å². The highest BCUT2D eigenvalue weighted by atomic mass is 79.9. The molecular formula is C14H13BrFN3OS. The lowest BCUT2D eigenvalue weighted by Gasteiger charge is -2.11. The van der Waals surface area contributed by atoms with Crippen LogP contribution in [0.2, 0.25) is 0 Å². The van der Waals surface area contributed by atoms with Gasteiger partial charge in [-0.1, -0.05) is 6.07 Å². The lowest BCUT2D eigenvalue weighted by Crippen LogP contribution is -2.30. The number of benzene rings is 1. The normalized spacial score (nSPS) is 10.2. The maximum Gasteiger partial charge on any atom is 0.171 e. The minimum Gasteiger partial charge on any atom is -0.508 e. The summed E-state index contributed by atoms with van der Waals surface area (Å²) in [4.78, 5) is 4.13. The number of aromatic hydroxyl groups is 1. The van der Waals surface area contributed by atoms with Crippen LogP contribution in [0.25, 0.3) is 0 Å². The molecule has 1 heterocycles. The summed E-state index contributed by atoms with van der Waals surface area (Å²) in [6, 6.07) is 7.86. The predicted octanol–water partition coefficient (Wildman–Crippen LogP) is 3.22. The lowest BCUT2D eigenvalue weighted by atomic mass is 10.1. The highest BCUT2D eigenvalue weighted by molar-refractivity contribution is 9.10. The number of aromatic nitrogens is 1. The van der Waals surface area contributed by atoms with Crippen LogP contribution in [0.15, 0.2) is 41.0 Å². The van der Waals surface area contributed by atoms with E-state index in [-0.39, 0.29) is 11.3 Å². The number of nitrogens with one attached hydrogen (secondary N) is 2. The van der Waals surface area contributed by atoms with E-state index in [0.717, 1.165) is 4.47 Å². The van der Waals surface area contributed by atoms with E-state index in [9.17, 15) is 9.50 Å². The van der Waals surface area contributed by atoms with E-state index in [4.69, 9.17) is 12.2 Å². The van der Waals surface area contributed by atoms with Gasteiger partial charge >= 0.3 is 0 Å². The first-order chi connectivity index (χ1) is 10.1. The number of halogens is 2. The van der Waals surface area contributed by atoms with Crippen LogP contribution in [0.3, 0.4) is 0 Å². The van der Waals surface area contributed by atoms with Crippen molar-refractivity contribution in [2.45, 2.75) is 6.42 Å². The fourth-order valence-electron chi connectivity index (χ4n) is 1.71. The minimum absolute atomic E-state index is 0.0507. The van der Waals surface area contributed by atoms with Gasteiger partial charge in [-0.15, -0.1) is 0 Å². The largest absolute Gasteiger partial charge is 0.508 e. The van der Waals surface area contributed by atoms with Crippen LogP contribution in [-0.2, 0) is 6.42 Å². The molecule has 0 aliphatic carbocycles. The van der Waals surface area contributed by atoms with Gasteiger partial charge < -0.3 is 15.7 Å². The molecule has 0 radical (unpaired) electrons. The Hall–Kier alpha value is -1.73. The van der Waals surface area contributed by atoms with Crippen LogP contribution in [-0.4, -0.2) is 21.7 Å². The summed E-state index contributed by atoms with van der Waals surface area (Å²) < 4.78 is 14.4. The van der Waals surface area contributed by atoms with E-state index < -0.39 is 5.82 Å². The molecule has 1 aromatic carbocycles. The van der Waals surface area contributed by atoms with Crippen molar-refractivity contribution in [2.24, 2.45) is 0 Å². The minimum atomic E-state index is -0.426. The third kappa shape index (κ3) is 4.64. The quantitative estimate of drug-likeness (QED) is 0.722. The van der Waals surface area contributed by atoms with Crippen molar-refractivity contribution in [1.82, 2.24) is 10.3 Å². The van der Waals surface area contributed by atoms with Gasteiger partial charge in [0.1, 0.15) is 17.4 Å². The summed E-state index contributed by atoms with van der Waals surface area (Å²) in [6.45, 7) is 0.400. The van der Waals surface area contributed by atoms with E-state index in [1.165, 1.54) is 18.2 Å². The van der Waals surface area contributed by atoms with Crippen molar-refractivity contribution in [3.63, 3.8) is 0 Å². The Morgan fingerprint density at radius 3 is 2.81 bits per heavy atom. The Bertz CT molecular complexity index is 616. The highest BCUT2D eigenvalue weighted by Crippen LogP contribution is 2.19. The Morgan fingerprint density at radius 2 is 2.14 bits per heavy atom. The fraction of sp³-hybridized carbons (Fsp3) is 0.143. The zero-order valence-electron chi connectivity index (χ0n) is 10.9. The van der Waals surface area contributed by atoms with Gasteiger partial charge in [0.05, 0.1) is 0 Å². The summed E-state index contributed by atoms with van der Waals surface area (Å²) >= 11 is 8.41. The van der Waals surface area contributed by atoms with Gasteiger partial charge in [-0.3, -0.25) is 0 Å². The van der Waals surface area contributed by atoms with Crippen molar-refractivity contribution < 1.29 is 9.50 Å². The van der Waals surface area contributed by atoms with E-state index in [0.29, 0.717) is 23.9 Å². The summed E-state index contributed by atoms with van der Waals surface area (Å²) in [7, 11) is 0. The van der Waals surface area contributed by atoms with Crippen molar-refractivity contribution >= 4 is 39.1 Å². The molecule has 2 rings (SSSR count). The molecule has 2 aromatic rings. The van der Waals surface area contributed by atoms with Crippen molar-refractivity contribution in [1.29, 1.82) is 0 Å². The molecule has 0 spiro atoms. The number of nitrogens with zero attached hydrogens (tertiary/aromatic N) is 1. The number of hydrogen-bond donors (Lipinski definition) is 3. The Balaban J connectivity index is 1.83. The number of hydrogen-bond acceptors (Lipinski definition) is 3. The monoisotopic (exact) mass is 369 g/mol. The number of phenolic OH excluding ortho intramolecular Hbond substituents is 1. The van der Waals surface area contributed by atoms with Gasteiger partial charge in [-0.05, 0) is 58.8 Å². The predicted molar refractivity (Wildman–Crippen MR) is 87.9 cm³/mol. The summed E-state index contributed by atoms with van der Waals surface area (Å²) in [6.07, 6.45) is 1.98. The maximum atomic E-state index is 13.5. The zero-order valence-corrected chi connectivity index (χ0v) is 13.3. The summed E-state index contributed by atoms with van der Waals surface area (Å²) in [5, 5.41) is 15.8. The SMILES string of the molecule is Oc1cccc(F)c1CCNC(=S)Nc1ccc(Br)cn1. The number of thiocarbonyl (C=S) groups is 1. The molecule has 21 heavy (non-hydrogen) atoms. The first kappa shape index (κ1) is 15.7. The molecule has 0 fully saturated rings. The molecular weight excluding hydrogens is 357 g/mol. The molecule has 0 saturated heterocycles. The average molecular weight is 370 g/mol. The second-order valence-corrected chi connectivity index (χ2v) is 5.55. The number of pyridine rings is 1. The van der Waals surface area contributed by atoms with E-state index in [2.05, 4.69) is 31.5 Å². The lowest BCUT2D eigenvalue weighted by molar-refractivity contribution is 0.458. The first-order valence-electron chi connectivity index (χ1n) is 6.19. The smallest absolute Gasteiger partial charge is 0.171 e. The van der Waals surface area contributed by atoms with Gasteiger partial charge in [0, 0.05) is 22.8 Å². The van der Waals surface area contributed by atoms with Crippen molar-refractivity contribution in [3.05, 3.63) is 52.4 Å². The molecule has 110 valence electrons. The van der Waals surface area contributed by atoms with Crippen LogP contribution >= 0.6 is 28.1 Å². The summed E-state index contributed by atoms with van der Waals surface area (Å²) in [5.74, 6) is 0.139. The molecule has 0 aliphatic rings. The van der Waals surface area contributed by atoms with E-state index in [1.54, 1.807) is 12.3 Å².